The van der Waals surface area contributed by atoms with E-state index in [0.29, 0.717) is 0 Å². The molecule has 0 aromatic heterocycles. The first-order valence-electron chi connectivity index (χ1n) is 1.90. The number of hydrogen-bond donors (Lipinski definition) is 1. The highest BCUT2D eigenvalue weighted by Crippen LogP contribution is 2.03. The highest BCUT2D eigenvalue weighted by Gasteiger charge is 1.75. The molecule has 1 nitrogen and oxygen atoms in total. The predicted octanol–water partition coefficient (Wildman–Crippen LogP) is 1.48. The molecule has 0 rings (SSSR count). The molecule has 0 radical (unpaired) electrons. The maximum atomic E-state index is 8.24. The van der Waals surface area contributed by atoms with Crippen molar-refractivity contribution in [3.8, 4) is 0 Å². The number of aliphatic hydroxyl groups is 1. The van der Waals surface area contributed by atoms with Crippen molar-refractivity contribution in [2.75, 3.05) is 6.61 Å². The van der Waals surface area contributed by atoms with Crippen LogP contribution in [-0.4, -0.2) is 11.7 Å². The van der Waals surface area contributed by atoms with Gasteiger partial charge in [0.25, 0.3) is 0 Å². The summed E-state index contributed by atoms with van der Waals surface area (Å²) in [6, 6.07) is 0. The standard InChI is InChI=1S/C5H7IO/c1-2-5(6)3-4-7/h2-3,7H,1,4H2/b5-3-. The molecule has 0 saturated carbocycles. The smallest absolute Gasteiger partial charge is 0.0625 e. The van der Waals surface area contributed by atoms with Gasteiger partial charge < -0.3 is 5.11 Å². The molecule has 7 heavy (non-hydrogen) atoms. The lowest BCUT2D eigenvalue weighted by atomic mass is 10.5. The van der Waals surface area contributed by atoms with Crippen LogP contribution in [0.25, 0.3) is 0 Å². The fourth-order valence-corrected chi connectivity index (χ4v) is 0.367. The predicted molar refractivity (Wildman–Crippen MR) is 39.4 cm³/mol. The van der Waals surface area contributed by atoms with Gasteiger partial charge >= 0.3 is 0 Å². The van der Waals surface area contributed by atoms with E-state index in [1.165, 1.54) is 0 Å². The number of halogens is 1. The van der Waals surface area contributed by atoms with E-state index in [1.807, 2.05) is 0 Å². The van der Waals surface area contributed by atoms with E-state index < -0.39 is 0 Å². The Morgan fingerprint density at radius 3 is 2.57 bits per heavy atom. The molecule has 0 spiro atoms. The Hall–Kier alpha value is 0.170. The molecule has 0 saturated heterocycles. The van der Waals surface area contributed by atoms with Crippen molar-refractivity contribution >= 4 is 22.6 Å². The molecule has 0 amide bonds. The van der Waals surface area contributed by atoms with Crippen LogP contribution in [0.3, 0.4) is 0 Å². The molecule has 0 heterocycles. The highest BCUT2D eigenvalue weighted by atomic mass is 127. The summed E-state index contributed by atoms with van der Waals surface area (Å²) in [6.45, 7) is 3.59. The minimum absolute atomic E-state index is 0.101. The summed E-state index contributed by atoms with van der Waals surface area (Å²) in [5.74, 6) is 0. The molecular formula is C5H7IO. The SMILES string of the molecule is C=C/C(I)=C/CO. The van der Waals surface area contributed by atoms with Gasteiger partial charge in [0.2, 0.25) is 0 Å². The summed E-state index contributed by atoms with van der Waals surface area (Å²) < 4.78 is 0.986. The molecule has 0 atom stereocenters. The molecule has 0 aliphatic rings. The lowest BCUT2D eigenvalue weighted by Crippen LogP contribution is -1.70. The molecule has 40 valence electrons. The molecule has 0 unspecified atom stereocenters. The van der Waals surface area contributed by atoms with Crippen LogP contribution >= 0.6 is 22.6 Å². The van der Waals surface area contributed by atoms with Crippen LogP contribution in [0, 0.1) is 0 Å². The van der Waals surface area contributed by atoms with Crippen LogP contribution in [0.4, 0.5) is 0 Å². The van der Waals surface area contributed by atoms with E-state index in [0.717, 1.165) is 3.58 Å². The second-order valence-electron chi connectivity index (χ2n) is 0.976. The van der Waals surface area contributed by atoms with E-state index >= 15 is 0 Å². The number of hydrogen-bond acceptors (Lipinski definition) is 1. The average Bonchev–Trinajstić information content (AvgIpc) is 1.68. The van der Waals surface area contributed by atoms with Crippen LogP contribution < -0.4 is 0 Å². The second kappa shape index (κ2) is 4.33. The molecule has 1 N–H and O–H groups in total. The van der Waals surface area contributed by atoms with Crippen molar-refractivity contribution in [3.05, 3.63) is 22.3 Å². The molecule has 0 aromatic carbocycles. The third kappa shape index (κ3) is 4.01. The van der Waals surface area contributed by atoms with Gasteiger partial charge in [-0.05, 0) is 28.7 Å². The number of rotatable bonds is 2. The van der Waals surface area contributed by atoms with Gasteiger partial charge in [0, 0.05) is 3.58 Å². The summed E-state index contributed by atoms with van der Waals surface area (Å²) in [7, 11) is 0. The number of allylic oxidation sites excluding steroid dienone is 2. The summed E-state index contributed by atoms with van der Waals surface area (Å²) in [4.78, 5) is 0. The summed E-state index contributed by atoms with van der Waals surface area (Å²) in [5, 5.41) is 8.24. The molecule has 0 fully saturated rings. The van der Waals surface area contributed by atoms with Crippen molar-refractivity contribution in [3.63, 3.8) is 0 Å². The van der Waals surface area contributed by atoms with Gasteiger partial charge in [0.05, 0.1) is 6.61 Å². The third-order valence-corrected chi connectivity index (χ3v) is 1.36. The third-order valence-electron chi connectivity index (χ3n) is 0.481. The van der Waals surface area contributed by atoms with Crippen molar-refractivity contribution in [2.24, 2.45) is 0 Å². The molecule has 0 aromatic rings. The minimum atomic E-state index is 0.101. The van der Waals surface area contributed by atoms with Crippen molar-refractivity contribution in [2.45, 2.75) is 0 Å². The topological polar surface area (TPSA) is 20.2 Å². The van der Waals surface area contributed by atoms with Crippen LogP contribution in [0.15, 0.2) is 22.3 Å². The van der Waals surface area contributed by atoms with Gasteiger partial charge in [-0.15, -0.1) is 0 Å². The number of aliphatic hydroxyl groups excluding tert-OH is 1. The second-order valence-corrected chi connectivity index (χ2v) is 2.22. The zero-order chi connectivity index (χ0) is 5.70. The van der Waals surface area contributed by atoms with Crippen molar-refractivity contribution in [1.82, 2.24) is 0 Å². The minimum Gasteiger partial charge on any atom is -0.392 e. The average molecular weight is 210 g/mol. The summed E-state index contributed by atoms with van der Waals surface area (Å²) in [5.41, 5.74) is 0. The van der Waals surface area contributed by atoms with Crippen molar-refractivity contribution in [1.29, 1.82) is 0 Å². The largest absolute Gasteiger partial charge is 0.392 e. The Morgan fingerprint density at radius 2 is 2.43 bits per heavy atom. The van der Waals surface area contributed by atoms with Crippen LogP contribution in [0.1, 0.15) is 0 Å². The zero-order valence-corrected chi connectivity index (χ0v) is 6.05. The van der Waals surface area contributed by atoms with E-state index in [2.05, 4.69) is 29.2 Å². The first kappa shape index (κ1) is 7.17. The van der Waals surface area contributed by atoms with Gasteiger partial charge in [-0.2, -0.15) is 0 Å². The molecule has 0 aliphatic heterocycles. The lowest BCUT2D eigenvalue weighted by molar-refractivity contribution is 0.342. The van der Waals surface area contributed by atoms with Crippen LogP contribution in [0.5, 0.6) is 0 Å². The maximum absolute atomic E-state index is 8.24. The van der Waals surface area contributed by atoms with E-state index in [4.69, 9.17) is 5.11 Å². The van der Waals surface area contributed by atoms with Gasteiger partial charge in [-0.1, -0.05) is 12.7 Å². The van der Waals surface area contributed by atoms with Gasteiger partial charge in [0.15, 0.2) is 0 Å². The summed E-state index contributed by atoms with van der Waals surface area (Å²) in [6.07, 6.45) is 3.38. The molecule has 2 heteroatoms. The normalized spacial score (nSPS) is 11.4. The van der Waals surface area contributed by atoms with Crippen molar-refractivity contribution < 1.29 is 5.11 Å². The Morgan fingerprint density at radius 1 is 1.86 bits per heavy atom. The first-order valence-corrected chi connectivity index (χ1v) is 2.98. The molecule has 0 bridgehead atoms. The Balaban J connectivity index is 3.49. The van der Waals surface area contributed by atoms with Crippen LogP contribution in [-0.2, 0) is 0 Å². The summed E-state index contributed by atoms with van der Waals surface area (Å²) >= 11 is 2.09. The maximum Gasteiger partial charge on any atom is 0.0625 e. The van der Waals surface area contributed by atoms with E-state index in [-0.39, 0.29) is 6.61 Å². The zero-order valence-electron chi connectivity index (χ0n) is 3.89. The Labute approximate surface area is 56.9 Å². The highest BCUT2D eigenvalue weighted by molar-refractivity contribution is 14.1. The Kier molecular flexibility index (Phi) is 4.44. The molecule has 0 aliphatic carbocycles. The van der Waals surface area contributed by atoms with Gasteiger partial charge in [-0.3, -0.25) is 0 Å². The Bertz CT molecular complexity index is 86.1. The molecular weight excluding hydrogens is 203 g/mol. The lowest BCUT2D eigenvalue weighted by Gasteiger charge is -1.80. The first-order chi connectivity index (χ1) is 3.31. The fourth-order valence-electron chi connectivity index (χ4n) is 0.171. The van der Waals surface area contributed by atoms with Gasteiger partial charge in [0.1, 0.15) is 0 Å². The van der Waals surface area contributed by atoms with E-state index in [9.17, 15) is 0 Å². The van der Waals surface area contributed by atoms with E-state index in [1.54, 1.807) is 12.2 Å². The van der Waals surface area contributed by atoms with Gasteiger partial charge in [-0.25, -0.2) is 0 Å². The fraction of sp³-hybridized carbons (Fsp3) is 0.200. The quantitative estimate of drug-likeness (QED) is 0.540. The van der Waals surface area contributed by atoms with Crippen LogP contribution in [0.2, 0.25) is 0 Å². The monoisotopic (exact) mass is 210 g/mol.